The standard InChI is InChI=1S/C16H24N2O/c1-12-9-18(11-16(2,3)19-12)10-13-4-5-14-7-17-8-15(14)6-13/h4-6,12,17H,7-11H2,1-3H3. The molecule has 1 aromatic rings. The van der Waals surface area contributed by atoms with Crippen molar-refractivity contribution < 1.29 is 4.74 Å². The van der Waals surface area contributed by atoms with Crippen molar-refractivity contribution in [2.45, 2.75) is 52.1 Å². The molecule has 3 heteroatoms. The van der Waals surface area contributed by atoms with Gasteiger partial charge in [-0.1, -0.05) is 18.2 Å². The Morgan fingerprint density at radius 3 is 2.89 bits per heavy atom. The zero-order chi connectivity index (χ0) is 13.5. The Labute approximate surface area is 115 Å². The van der Waals surface area contributed by atoms with Crippen LogP contribution in [0.3, 0.4) is 0 Å². The number of hydrogen-bond donors (Lipinski definition) is 1. The molecular formula is C16H24N2O. The predicted octanol–water partition coefficient (Wildman–Crippen LogP) is 2.29. The van der Waals surface area contributed by atoms with Gasteiger partial charge in [0.1, 0.15) is 0 Å². The molecule has 0 saturated carbocycles. The van der Waals surface area contributed by atoms with Crippen molar-refractivity contribution in [2.24, 2.45) is 0 Å². The molecule has 1 atom stereocenters. The fourth-order valence-corrected chi connectivity index (χ4v) is 3.41. The second-order valence-electron chi connectivity index (χ2n) is 6.56. The first-order valence-electron chi connectivity index (χ1n) is 7.23. The molecule has 2 aliphatic rings. The second-order valence-corrected chi connectivity index (χ2v) is 6.56. The molecule has 2 heterocycles. The lowest BCUT2D eigenvalue weighted by Gasteiger charge is -2.41. The number of nitrogens with one attached hydrogen (secondary N) is 1. The van der Waals surface area contributed by atoms with Crippen LogP contribution >= 0.6 is 0 Å². The molecule has 104 valence electrons. The van der Waals surface area contributed by atoms with Gasteiger partial charge in [0.05, 0.1) is 11.7 Å². The lowest BCUT2D eigenvalue weighted by atomic mass is 10.0. The smallest absolute Gasteiger partial charge is 0.0757 e. The van der Waals surface area contributed by atoms with E-state index < -0.39 is 0 Å². The Bertz CT molecular complexity index is 470. The maximum Gasteiger partial charge on any atom is 0.0757 e. The molecule has 1 aromatic carbocycles. The normalized spacial score (nSPS) is 26.4. The molecule has 1 saturated heterocycles. The lowest BCUT2D eigenvalue weighted by molar-refractivity contribution is -0.130. The first-order valence-corrected chi connectivity index (χ1v) is 7.23. The number of nitrogens with zero attached hydrogens (tertiary/aromatic N) is 1. The number of hydrogen-bond acceptors (Lipinski definition) is 3. The third-order valence-corrected chi connectivity index (χ3v) is 3.95. The monoisotopic (exact) mass is 260 g/mol. The van der Waals surface area contributed by atoms with Crippen LogP contribution in [0, 0.1) is 0 Å². The van der Waals surface area contributed by atoms with Crippen LogP contribution in [-0.2, 0) is 24.4 Å². The van der Waals surface area contributed by atoms with Crippen LogP contribution in [0.2, 0.25) is 0 Å². The Morgan fingerprint density at radius 1 is 1.32 bits per heavy atom. The summed E-state index contributed by atoms with van der Waals surface area (Å²) < 4.78 is 5.96. The summed E-state index contributed by atoms with van der Waals surface area (Å²) in [6.07, 6.45) is 0.319. The molecule has 3 rings (SSSR count). The lowest BCUT2D eigenvalue weighted by Crippen LogP contribution is -2.51. The van der Waals surface area contributed by atoms with Gasteiger partial charge in [-0.25, -0.2) is 0 Å². The van der Waals surface area contributed by atoms with Crippen LogP contribution in [0.15, 0.2) is 18.2 Å². The van der Waals surface area contributed by atoms with E-state index in [1.54, 1.807) is 0 Å². The maximum atomic E-state index is 5.96. The van der Waals surface area contributed by atoms with E-state index in [0.29, 0.717) is 6.10 Å². The molecule has 1 N–H and O–H groups in total. The summed E-state index contributed by atoms with van der Waals surface area (Å²) >= 11 is 0. The Kier molecular flexibility index (Phi) is 3.37. The van der Waals surface area contributed by atoms with Gasteiger partial charge in [0, 0.05) is 32.7 Å². The van der Waals surface area contributed by atoms with Gasteiger partial charge in [-0.15, -0.1) is 0 Å². The first-order chi connectivity index (χ1) is 9.02. The molecule has 19 heavy (non-hydrogen) atoms. The number of fused-ring (bicyclic) bond motifs is 1. The highest BCUT2D eigenvalue weighted by atomic mass is 16.5. The number of morpholine rings is 1. The number of benzene rings is 1. The van der Waals surface area contributed by atoms with E-state index in [1.165, 1.54) is 16.7 Å². The zero-order valence-electron chi connectivity index (χ0n) is 12.2. The van der Waals surface area contributed by atoms with Gasteiger partial charge >= 0.3 is 0 Å². The van der Waals surface area contributed by atoms with Crippen molar-refractivity contribution in [1.82, 2.24) is 10.2 Å². The van der Waals surface area contributed by atoms with Gasteiger partial charge < -0.3 is 10.1 Å². The van der Waals surface area contributed by atoms with Crippen molar-refractivity contribution in [3.05, 3.63) is 34.9 Å². The molecule has 0 aliphatic carbocycles. The first kappa shape index (κ1) is 13.1. The molecule has 0 aromatic heterocycles. The van der Waals surface area contributed by atoms with Gasteiger partial charge in [-0.2, -0.15) is 0 Å². The van der Waals surface area contributed by atoms with Gasteiger partial charge in [0.2, 0.25) is 0 Å². The summed E-state index contributed by atoms with van der Waals surface area (Å²) in [7, 11) is 0. The average molecular weight is 260 g/mol. The molecule has 2 aliphatic heterocycles. The molecule has 3 nitrogen and oxygen atoms in total. The molecular weight excluding hydrogens is 236 g/mol. The molecule has 0 radical (unpaired) electrons. The van der Waals surface area contributed by atoms with Crippen molar-refractivity contribution in [1.29, 1.82) is 0 Å². The number of rotatable bonds is 2. The SMILES string of the molecule is CC1CN(Cc2ccc3c(c2)CNC3)CC(C)(C)O1. The van der Waals surface area contributed by atoms with Crippen LogP contribution < -0.4 is 5.32 Å². The molecule has 0 amide bonds. The molecule has 1 fully saturated rings. The van der Waals surface area contributed by atoms with Gasteiger partial charge in [0.25, 0.3) is 0 Å². The fourth-order valence-electron chi connectivity index (χ4n) is 3.41. The van der Waals surface area contributed by atoms with Gasteiger partial charge in [0.15, 0.2) is 0 Å². The molecule has 1 unspecified atom stereocenters. The summed E-state index contributed by atoms with van der Waals surface area (Å²) in [5.41, 5.74) is 4.32. The molecule has 0 spiro atoms. The minimum Gasteiger partial charge on any atom is -0.370 e. The summed E-state index contributed by atoms with van der Waals surface area (Å²) in [6, 6.07) is 6.92. The van der Waals surface area contributed by atoms with E-state index in [0.717, 1.165) is 32.7 Å². The Morgan fingerprint density at radius 2 is 2.11 bits per heavy atom. The van der Waals surface area contributed by atoms with E-state index in [1.807, 2.05) is 0 Å². The average Bonchev–Trinajstić information content (AvgIpc) is 2.73. The quantitative estimate of drug-likeness (QED) is 0.883. The van der Waals surface area contributed by atoms with Crippen LogP contribution in [0.4, 0.5) is 0 Å². The van der Waals surface area contributed by atoms with Crippen LogP contribution in [0.5, 0.6) is 0 Å². The van der Waals surface area contributed by atoms with Gasteiger partial charge in [-0.05, 0) is 37.5 Å². The topological polar surface area (TPSA) is 24.5 Å². The minimum absolute atomic E-state index is 0.0318. The van der Waals surface area contributed by atoms with Crippen LogP contribution in [-0.4, -0.2) is 29.7 Å². The third-order valence-electron chi connectivity index (χ3n) is 3.95. The minimum atomic E-state index is -0.0318. The van der Waals surface area contributed by atoms with Crippen LogP contribution in [0.1, 0.15) is 37.5 Å². The highest BCUT2D eigenvalue weighted by Crippen LogP contribution is 2.23. The number of ether oxygens (including phenoxy) is 1. The predicted molar refractivity (Wildman–Crippen MR) is 76.9 cm³/mol. The second kappa shape index (κ2) is 4.89. The summed E-state index contributed by atoms with van der Waals surface area (Å²) in [5, 5.41) is 3.41. The van der Waals surface area contributed by atoms with E-state index in [2.05, 4.69) is 49.2 Å². The van der Waals surface area contributed by atoms with Crippen molar-refractivity contribution in [3.8, 4) is 0 Å². The van der Waals surface area contributed by atoms with Crippen molar-refractivity contribution in [3.63, 3.8) is 0 Å². The van der Waals surface area contributed by atoms with E-state index in [9.17, 15) is 0 Å². The third kappa shape index (κ3) is 2.99. The Hall–Kier alpha value is -0.900. The molecule has 0 bridgehead atoms. The highest BCUT2D eigenvalue weighted by Gasteiger charge is 2.31. The zero-order valence-corrected chi connectivity index (χ0v) is 12.2. The highest BCUT2D eigenvalue weighted by molar-refractivity contribution is 5.34. The van der Waals surface area contributed by atoms with E-state index in [4.69, 9.17) is 4.74 Å². The van der Waals surface area contributed by atoms with Crippen molar-refractivity contribution in [2.75, 3.05) is 13.1 Å². The Balaban J connectivity index is 1.71. The summed E-state index contributed by atoms with van der Waals surface area (Å²) in [6.45, 7) is 11.6. The maximum absolute atomic E-state index is 5.96. The van der Waals surface area contributed by atoms with Gasteiger partial charge in [-0.3, -0.25) is 4.90 Å². The van der Waals surface area contributed by atoms with E-state index >= 15 is 0 Å². The van der Waals surface area contributed by atoms with Crippen molar-refractivity contribution >= 4 is 0 Å². The van der Waals surface area contributed by atoms with E-state index in [-0.39, 0.29) is 5.60 Å². The van der Waals surface area contributed by atoms with Crippen LogP contribution in [0.25, 0.3) is 0 Å². The fraction of sp³-hybridized carbons (Fsp3) is 0.625. The largest absolute Gasteiger partial charge is 0.370 e. The summed E-state index contributed by atoms with van der Waals surface area (Å²) in [4.78, 5) is 2.51. The summed E-state index contributed by atoms with van der Waals surface area (Å²) in [5.74, 6) is 0.